The molecule has 4 nitrogen and oxygen atoms in total. The van der Waals surface area contributed by atoms with E-state index in [0.29, 0.717) is 12.3 Å². The van der Waals surface area contributed by atoms with Crippen LogP contribution >= 0.6 is 15.9 Å². The summed E-state index contributed by atoms with van der Waals surface area (Å²) in [5.41, 5.74) is 0.769. The van der Waals surface area contributed by atoms with Crippen LogP contribution in [-0.2, 0) is 14.3 Å². The number of esters is 1. The van der Waals surface area contributed by atoms with Crippen molar-refractivity contribution in [3.8, 4) is 0 Å². The molecule has 0 unspecified atom stereocenters. The monoisotopic (exact) mass is 329 g/mol. The highest BCUT2D eigenvalue weighted by atomic mass is 79.9. The lowest BCUT2D eigenvalue weighted by Crippen LogP contribution is -2.30. The molecule has 0 N–H and O–H groups in total. The van der Waals surface area contributed by atoms with E-state index in [0.717, 1.165) is 24.8 Å². The number of nitrogens with zero attached hydrogens (tertiary/aromatic N) is 1. The molecular weight excluding hydrogens is 310 g/mol. The normalized spacial score (nSPS) is 24.3. The summed E-state index contributed by atoms with van der Waals surface area (Å²) < 4.78 is 10.6. The molecule has 1 aliphatic carbocycles. The molecular formula is C14H20BrNO3. The zero-order valence-electron chi connectivity index (χ0n) is 11.4. The molecule has 106 valence electrons. The molecule has 0 amide bonds. The van der Waals surface area contributed by atoms with Crippen molar-refractivity contribution in [2.24, 2.45) is 10.9 Å². The molecule has 5 heteroatoms. The summed E-state index contributed by atoms with van der Waals surface area (Å²) in [4.78, 5) is 17.4. The van der Waals surface area contributed by atoms with Gasteiger partial charge in [0.2, 0.25) is 5.90 Å². The summed E-state index contributed by atoms with van der Waals surface area (Å²) >= 11 is 3.16. The highest BCUT2D eigenvalue weighted by molar-refractivity contribution is 9.11. The van der Waals surface area contributed by atoms with E-state index in [2.05, 4.69) is 27.5 Å². The molecule has 0 spiro atoms. The maximum Gasteiger partial charge on any atom is 0.308 e. The molecule has 0 aromatic carbocycles. The second-order valence-corrected chi connectivity index (χ2v) is 5.14. The van der Waals surface area contributed by atoms with Gasteiger partial charge >= 0.3 is 5.97 Å². The van der Waals surface area contributed by atoms with Crippen molar-refractivity contribution in [2.75, 3.05) is 7.11 Å². The van der Waals surface area contributed by atoms with Crippen LogP contribution in [0.25, 0.3) is 0 Å². The third-order valence-corrected chi connectivity index (χ3v) is 3.29. The van der Waals surface area contributed by atoms with Crippen molar-refractivity contribution < 1.29 is 14.3 Å². The Morgan fingerprint density at radius 1 is 1.47 bits per heavy atom. The van der Waals surface area contributed by atoms with Crippen LogP contribution in [0.15, 0.2) is 28.3 Å². The molecule has 0 saturated heterocycles. The highest BCUT2D eigenvalue weighted by Gasteiger charge is 2.29. The molecule has 0 radical (unpaired) electrons. The van der Waals surface area contributed by atoms with Gasteiger partial charge in [0.15, 0.2) is 0 Å². The standard InChI is InChI=1S/C14H20BrNO3/c1-10(2)13(16-8-7-15)19-12-6-4-5-11(9-12)14(17)18-3/h7-8,11-12H,1,4-6,9H2,2-3H3/b8-7+,16-13?/t11-,12-/m0/s1. The first-order chi connectivity index (χ1) is 9.08. The van der Waals surface area contributed by atoms with Gasteiger partial charge in [-0.05, 0) is 37.6 Å². The highest BCUT2D eigenvalue weighted by Crippen LogP contribution is 2.27. The fourth-order valence-electron chi connectivity index (χ4n) is 2.13. The number of hydrogen-bond acceptors (Lipinski definition) is 4. The van der Waals surface area contributed by atoms with E-state index in [1.54, 1.807) is 11.2 Å². The Morgan fingerprint density at radius 2 is 2.21 bits per heavy atom. The zero-order valence-corrected chi connectivity index (χ0v) is 13.0. The van der Waals surface area contributed by atoms with Gasteiger partial charge in [-0.2, -0.15) is 0 Å². The lowest BCUT2D eigenvalue weighted by Gasteiger charge is -2.28. The van der Waals surface area contributed by atoms with Gasteiger partial charge in [0.1, 0.15) is 6.10 Å². The predicted molar refractivity (Wildman–Crippen MR) is 79.2 cm³/mol. The average Bonchev–Trinajstić information content (AvgIpc) is 2.42. The minimum atomic E-state index is -0.150. The van der Waals surface area contributed by atoms with Gasteiger partial charge in [-0.25, -0.2) is 4.99 Å². The molecule has 0 aliphatic heterocycles. The van der Waals surface area contributed by atoms with Crippen LogP contribution in [0, 0.1) is 5.92 Å². The van der Waals surface area contributed by atoms with E-state index in [-0.39, 0.29) is 18.0 Å². The van der Waals surface area contributed by atoms with E-state index < -0.39 is 0 Å². The van der Waals surface area contributed by atoms with E-state index in [1.165, 1.54) is 7.11 Å². The first-order valence-electron chi connectivity index (χ1n) is 6.31. The quantitative estimate of drug-likeness (QED) is 0.450. The van der Waals surface area contributed by atoms with Crippen LogP contribution in [-0.4, -0.2) is 25.1 Å². The second kappa shape index (κ2) is 8.15. The number of rotatable bonds is 4. The SMILES string of the molecule is C=C(C)C(=N/C=C/Br)O[C@H]1CCC[C@H](C(=O)OC)C1. The average molecular weight is 330 g/mol. The Balaban J connectivity index is 2.64. The summed E-state index contributed by atoms with van der Waals surface area (Å²) in [5.74, 6) is 0.301. The van der Waals surface area contributed by atoms with Crippen LogP contribution in [0.2, 0.25) is 0 Å². The predicted octanol–water partition coefficient (Wildman–Crippen LogP) is 3.58. The molecule has 1 fully saturated rings. The van der Waals surface area contributed by atoms with Gasteiger partial charge in [0, 0.05) is 11.8 Å². The van der Waals surface area contributed by atoms with Crippen molar-refractivity contribution >= 4 is 27.8 Å². The van der Waals surface area contributed by atoms with Crippen molar-refractivity contribution in [3.05, 3.63) is 23.3 Å². The number of methoxy groups -OCH3 is 1. The largest absolute Gasteiger partial charge is 0.474 e. The molecule has 0 bridgehead atoms. The molecule has 0 heterocycles. The van der Waals surface area contributed by atoms with E-state index >= 15 is 0 Å². The number of halogens is 1. The Kier molecular flexibility index (Phi) is 6.84. The molecule has 0 aromatic rings. The molecule has 1 aliphatic rings. The van der Waals surface area contributed by atoms with Gasteiger partial charge in [-0.15, -0.1) is 0 Å². The van der Waals surface area contributed by atoms with Crippen LogP contribution in [0.3, 0.4) is 0 Å². The third kappa shape index (κ3) is 5.19. The minimum Gasteiger partial charge on any atom is -0.474 e. The minimum absolute atomic E-state index is 0.00275. The molecule has 1 saturated carbocycles. The van der Waals surface area contributed by atoms with Crippen LogP contribution in [0.4, 0.5) is 0 Å². The fourth-order valence-corrected chi connectivity index (χ4v) is 2.25. The Morgan fingerprint density at radius 3 is 2.79 bits per heavy atom. The zero-order chi connectivity index (χ0) is 14.3. The van der Waals surface area contributed by atoms with Gasteiger partial charge in [-0.1, -0.05) is 22.5 Å². The van der Waals surface area contributed by atoms with Crippen molar-refractivity contribution in [1.82, 2.24) is 0 Å². The van der Waals surface area contributed by atoms with Crippen LogP contribution < -0.4 is 0 Å². The summed E-state index contributed by atoms with van der Waals surface area (Å²) in [6.07, 6.45) is 5.03. The second-order valence-electron chi connectivity index (χ2n) is 4.62. The molecule has 2 atom stereocenters. The first kappa shape index (κ1) is 16.0. The lowest BCUT2D eigenvalue weighted by atomic mass is 9.87. The van der Waals surface area contributed by atoms with Gasteiger partial charge in [-0.3, -0.25) is 4.79 Å². The smallest absolute Gasteiger partial charge is 0.308 e. The summed E-state index contributed by atoms with van der Waals surface area (Å²) in [7, 11) is 1.42. The lowest BCUT2D eigenvalue weighted by molar-refractivity contribution is -0.147. The number of ether oxygens (including phenoxy) is 2. The van der Waals surface area contributed by atoms with Crippen molar-refractivity contribution in [2.45, 2.75) is 38.7 Å². The Bertz CT molecular complexity index is 390. The van der Waals surface area contributed by atoms with E-state index in [4.69, 9.17) is 9.47 Å². The number of carbonyl (C=O) groups excluding carboxylic acids is 1. The molecule has 19 heavy (non-hydrogen) atoms. The Labute approximate surface area is 122 Å². The van der Waals surface area contributed by atoms with Crippen molar-refractivity contribution in [3.63, 3.8) is 0 Å². The fraction of sp³-hybridized carbons (Fsp3) is 0.571. The van der Waals surface area contributed by atoms with Gasteiger partial charge in [0.25, 0.3) is 0 Å². The first-order valence-corrected chi connectivity index (χ1v) is 7.23. The third-order valence-electron chi connectivity index (χ3n) is 3.05. The van der Waals surface area contributed by atoms with E-state index in [1.807, 2.05) is 6.92 Å². The number of aliphatic imine (C=N–C) groups is 1. The van der Waals surface area contributed by atoms with Crippen molar-refractivity contribution in [1.29, 1.82) is 0 Å². The van der Waals surface area contributed by atoms with Gasteiger partial charge < -0.3 is 9.47 Å². The molecule has 1 rings (SSSR count). The molecule has 0 aromatic heterocycles. The Hall–Kier alpha value is -1.10. The maximum absolute atomic E-state index is 11.6. The van der Waals surface area contributed by atoms with Gasteiger partial charge in [0.05, 0.1) is 13.0 Å². The summed E-state index contributed by atoms with van der Waals surface area (Å²) in [5, 5.41) is 0. The maximum atomic E-state index is 11.6. The van der Waals surface area contributed by atoms with Crippen LogP contribution in [0.1, 0.15) is 32.6 Å². The number of carbonyl (C=O) groups is 1. The van der Waals surface area contributed by atoms with Crippen LogP contribution in [0.5, 0.6) is 0 Å². The van der Waals surface area contributed by atoms with E-state index in [9.17, 15) is 4.79 Å². The number of hydrogen-bond donors (Lipinski definition) is 0. The topological polar surface area (TPSA) is 47.9 Å². The summed E-state index contributed by atoms with van der Waals surface area (Å²) in [6.45, 7) is 5.70. The summed E-state index contributed by atoms with van der Waals surface area (Å²) in [6, 6.07) is 0.